The highest BCUT2D eigenvalue weighted by Crippen LogP contribution is 2.46. The average Bonchev–Trinajstić information content (AvgIpc) is 2.67. The number of nitrogens with zero attached hydrogens (tertiary/aromatic N) is 2. The molecule has 0 bridgehead atoms. The molecule has 0 radical (unpaired) electrons. The van der Waals surface area contributed by atoms with E-state index in [0.717, 1.165) is 5.56 Å². The summed E-state index contributed by atoms with van der Waals surface area (Å²) in [5, 5.41) is 9.29. The van der Waals surface area contributed by atoms with Crippen LogP contribution in [0, 0.1) is 11.3 Å². The van der Waals surface area contributed by atoms with Crippen molar-refractivity contribution in [3.05, 3.63) is 65.2 Å². The maximum Gasteiger partial charge on any atom is 0.254 e. The van der Waals surface area contributed by atoms with Gasteiger partial charge in [-0.3, -0.25) is 4.79 Å². The zero-order valence-corrected chi connectivity index (χ0v) is 14.8. The molecule has 0 aromatic heterocycles. The van der Waals surface area contributed by atoms with E-state index in [1.807, 2.05) is 61.2 Å². The van der Waals surface area contributed by atoms with Crippen molar-refractivity contribution in [3.63, 3.8) is 0 Å². The van der Waals surface area contributed by atoms with Crippen LogP contribution in [0.4, 0.5) is 0 Å². The van der Waals surface area contributed by atoms with Gasteiger partial charge in [0.1, 0.15) is 17.5 Å². The lowest BCUT2D eigenvalue weighted by atomic mass is 9.83. The van der Waals surface area contributed by atoms with Gasteiger partial charge in [0.25, 0.3) is 5.91 Å². The van der Waals surface area contributed by atoms with Crippen molar-refractivity contribution >= 4 is 5.91 Å². The highest BCUT2D eigenvalue weighted by Gasteiger charge is 2.50. The summed E-state index contributed by atoms with van der Waals surface area (Å²) in [6, 6.07) is 16.5. The van der Waals surface area contributed by atoms with Gasteiger partial charge < -0.3 is 14.4 Å². The van der Waals surface area contributed by atoms with Crippen LogP contribution in [0.2, 0.25) is 0 Å². The van der Waals surface area contributed by atoms with E-state index >= 15 is 0 Å². The first-order valence-electron chi connectivity index (χ1n) is 8.72. The summed E-state index contributed by atoms with van der Waals surface area (Å²) in [6.07, 6.45) is -0.301. The molecule has 0 aliphatic carbocycles. The second-order valence-corrected chi connectivity index (χ2v) is 7.17. The fourth-order valence-electron chi connectivity index (χ4n) is 3.84. The maximum atomic E-state index is 13.2. The first-order chi connectivity index (χ1) is 12.5. The van der Waals surface area contributed by atoms with Gasteiger partial charge in [0.05, 0.1) is 24.3 Å². The molecular formula is C21H20N2O3. The van der Waals surface area contributed by atoms with E-state index in [1.54, 1.807) is 6.07 Å². The van der Waals surface area contributed by atoms with Crippen LogP contribution in [0.5, 0.6) is 5.75 Å². The predicted molar refractivity (Wildman–Crippen MR) is 95.8 cm³/mol. The van der Waals surface area contributed by atoms with Gasteiger partial charge in [-0.1, -0.05) is 18.2 Å². The van der Waals surface area contributed by atoms with Gasteiger partial charge in [0.15, 0.2) is 0 Å². The molecule has 0 unspecified atom stereocenters. The lowest BCUT2D eigenvalue weighted by molar-refractivity contribution is -0.151. The molecule has 2 aliphatic rings. The number of ether oxygens (including phenoxy) is 2. The van der Waals surface area contributed by atoms with Crippen molar-refractivity contribution in [1.82, 2.24) is 4.90 Å². The topological polar surface area (TPSA) is 62.6 Å². The number of hydrogen-bond acceptors (Lipinski definition) is 4. The zero-order chi connectivity index (χ0) is 18.3. The van der Waals surface area contributed by atoms with E-state index < -0.39 is 5.60 Å². The number of fused-ring (bicyclic) bond motifs is 3. The largest absolute Gasteiger partial charge is 0.485 e. The van der Waals surface area contributed by atoms with Crippen LogP contribution in [-0.2, 0) is 4.74 Å². The van der Waals surface area contributed by atoms with Gasteiger partial charge in [-0.2, -0.15) is 5.26 Å². The fourth-order valence-corrected chi connectivity index (χ4v) is 3.84. The average molecular weight is 348 g/mol. The van der Waals surface area contributed by atoms with Crippen LogP contribution in [-0.4, -0.2) is 35.7 Å². The van der Waals surface area contributed by atoms with Crippen LogP contribution in [0.15, 0.2) is 48.5 Å². The molecule has 1 amide bonds. The molecule has 0 saturated carbocycles. The predicted octanol–water partition coefficient (Wildman–Crippen LogP) is 3.31. The van der Waals surface area contributed by atoms with Crippen molar-refractivity contribution in [2.45, 2.75) is 31.6 Å². The van der Waals surface area contributed by atoms with Crippen molar-refractivity contribution in [2.24, 2.45) is 0 Å². The number of amides is 1. The van der Waals surface area contributed by atoms with Gasteiger partial charge in [0, 0.05) is 17.7 Å². The monoisotopic (exact) mass is 348 g/mol. The SMILES string of the molecule is CC1(C)Oc2ccc(C#N)cc2[C@@H]2[C@@H]1OCCN2C(=O)c1ccccc1. The lowest BCUT2D eigenvalue weighted by Gasteiger charge is -2.51. The summed E-state index contributed by atoms with van der Waals surface area (Å²) in [5.74, 6) is 0.668. The Morgan fingerprint density at radius 2 is 2.00 bits per heavy atom. The summed E-state index contributed by atoms with van der Waals surface area (Å²) < 4.78 is 12.2. The van der Waals surface area contributed by atoms with E-state index in [2.05, 4.69) is 6.07 Å². The Kier molecular flexibility index (Phi) is 3.93. The van der Waals surface area contributed by atoms with Crippen LogP contribution in [0.25, 0.3) is 0 Å². The second kappa shape index (κ2) is 6.15. The Bertz CT molecular complexity index is 886. The first-order valence-corrected chi connectivity index (χ1v) is 8.72. The third-order valence-corrected chi connectivity index (χ3v) is 5.05. The number of carbonyl (C=O) groups excluding carboxylic acids is 1. The van der Waals surface area contributed by atoms with E-state index in [-0.39, 0.29) is 18.1 Å². The number of rotatable bonds is 1. The molecule has 2 heterocycles. The number of nitriles is 1. The molecule has 2 aromatic rings. The summed E-state index contributed by atoms with van der Waals surface area (Å²) in [6.45, 7) is 4.91. The third kappa shape index (κ3) is 2.63. The van der Waals surface area contributed by atoms with Gasteiger partial charge >= 0.3 is 0 Å². The van der Waals surface area contributed by atoms with Gasteiger partial charge in [-0.15, -0.1) is 0 Å². The first kappa shape index (κ1) is 16.6. The standard InChI is InChI=1S/C21H20N2O3/c1-21(2)19-18(16-12-14(13-22)8-9-17(16)26-21)23(10-11-25-19)20(24)15-6-4-3-5-7-15/h3-9,12,18-19H,10-11H2,1-2H3/t18-,19+/m1/s1. The molecule has 4 rings (SSSR count). The number of hydrogen-bond donors (Lipinski definition) is 0. The van der Waals surface area contributed by atoms with Gasteiger partial charge in [-0.05, 0) is 44.2 Å². The molecule has 2 atom stereocenters. The molecule has 2 aliphatic heterocycles. The summed E-state index contributed by atoms with van der Waals surface area (Å²) >= 11 is 0. The van der Waals surface area contributed by atoms with Crippen molar-refractivity contribution in [2.75, 3.05) is 13.2 Å². The molecule has 1 saturated heterocycles. The summed E-state index contributed by atoms with van der Waals surface area (Å²) in [4.78, 5) is 15.0. The Morgan fingerprint density at radius 3 is 2.73 bits per heavy atom. The Morgan fingerprint density at radius 1 is 1.23 bits per heavy atom. The van der Waals surface area contributed by atoms with Crippen LogP contribution >= 0.6 is 0 Å². The molecular weight excluding hydrogens is 328 g/mol. The second-order valence-electron chi connectivity index (χ2n) is 7.17. The van der Waals surface area contributed by atoms with E-state index in [0.29, 0.717) is 30.0 Å². The van der Waals surface area contributed by atoms with Gasteiger partial charge in [-0.25, -0.2) is 0 Å². The Labute approximate surface area is 152 Å². The maximum absolute atomic E-state index is 13.2. The van der Waals surface area contributed by atoms with Crippen molar-refractivity contribution in [1.29, 1.82) is 5.26 Å². The molecule has 5 heteroatoms. The van der Waals surface area contributed by atoms with Crippen molar-refractivity contribution < 1.29 is 14.3 Å². The van der Waals surface area contributed by atoms with E-state index in [9.17, 15) is 10.1 Å². The normalized spacial score (nSPS) is 23.2. The third-order valence-electron chi connectivity index (χ3n) is 5.05. The molecule has 26 heavy (non-hydrogen) atoms. The Balaban J connectivity index is 1.82. The minimum absolute atomic E-state index is 0.0325. The number of morpholine rings is 1. The molecule has 0 spiro atoms. The minimum atomic E-state index is -0.582. The number of carbonyl (C=O) groups is 1. The van der Waals surface area contributed by atoms with Crippen LogP contribution in [0.1, 0.15) is 41.4 Å². The fraction of sp³-hybridized carbons (Fsp3) is 0.333. The van der Waals surface area contributed by atoms with E-state index in [4.69, 9.17) is 9.47 Å². The Hall–Kier alpha value is -2.84. The smallest absolute Gasteiger partial charge is 0.254 e. The molecule has 2 aromatic carbocycles. The highest BCUT2D eigenvalue weighted by atomic mass is 16.6. The molecule has 1 fully saturated rings. The van der Waals surface area contributed by atoms with Crippen molar-refractivity contribution in [3.8, 4) is 11.8 Å². The number of benzene rings is 2. The minimum Gasteiger partial charge on any atom is -0.485 e. The van der Waals surface area contributed by atoms with Crippen LogP contribution in [0.3, 0.4) is 0 Å². The molecule has 5 nitrogen and oxygen atoms in total. The van der Waals surface area contributed by atoms with E-state index in [1.165, 1.54) is 0 Å². The molecule has 132 valence electrons. The summed E-state index contributed by atoms with van der Waals surface area (Å²) in [7, 11) is 0. The quantitative estimate of drug-likeness (QED) is 0.793. The molecule has 0 N–H and O–H groups in total. The lowest BCUT2D eigenvalue weighted by Crippen LogP contribution is -2.59. The highest BCUT2D eigenvalue weighted by molar-refractivity contribution is 5.94. The summed E-state index contributed by atoms with van der Waals surface area (Å²) in [5.41, 5.74) is 1.44. The van der Waals surface area contributed by atoms with Gasteiger partial charge in [0.2, 0.25) is 0 Å². The zero-order valence-electron chi connectivity index (χ0n) is 14.8. The van der Waals surface area contributed by atoms with Crippen LogP contribution < -0.4 is 4.74 Å².